The number of fused-ring (bicyclic) bond motifs is 5. The minimum absolute atomic E-state index is 0.134. The van der Waals surface area contributed by atoms with E-state index in [-0.39, 0.29) is 36.6 Å². The Bertz CT molecular complexity index is 1610. The van der Waals surface area contributed by atoms with Crippen LogP contribution in [0.3, 0.4) is 0 Å². The molecule has 2 aromatic heterocycles. The Morgan fingerprint density at radius 2 is 1.98 bits per heavy atom. The maximum atomic E-state index is 13.6. The SMILES string of the molecule is COc1ccc2cc1OCCCN(C(=O)Cc1c[nH]c3ccccc13)CC(=O)N[C@H](C(C)C)C(=O)NCCCn1ccnc1-2. The molecule has 4 aromatic rings. The van der Waals surface area contributed by atoms with Crippen LogP contribution in [0.1, 0.15) is 32.3 Å². The van der Waals surface area contributed by atoms with E-state index >= 15 is 0 Å². The van der Waals surface area contributed by atoms with Gasteiger partial charge >= 0.3 is 0 Å². The number of amides is 3. The summed E-state index contributed by atoms with van der Waals surface area (Å²) in [5.74, 6) is 0.976. The quantitative estimate of drug-likeness (QED) is 0.329. The molecular formula is C33H40N6O5. The summed E-state index contributed by atoms with van der Waals surface area (Å²) in [7, 11) is 1.59. The van der Waals surface area contributed by atoms with Crippen LogP contribution in [-0.2, 0) is 27.3 Å². The maximum Gasteiger partial charge on any atom is 0.242 e. The molecule has 0 saturated heterocycles. The third-order valence-corrected chi connectivity index (χ3v) is 7.81. The number of aromatic amines is 1. The molecule has 0 fully saturated rings. The van der Waals surface area contributed by atoms with Crippen molar-refractivity contribution in [3.05, 3.63) is 66.6 Å². The van der Waals surface area contributed by atoms with Gasteiger partial charge < -0.3 is 34.6 Å². The van der Waals surface area contributed by atoms with Crippen LogP contribution in [0.15, 0.2) is 61.1 Å². The first-order valence-electron chi connectivity index (χ1n) is 15.1. The molecule has 3 amide bonds. The molecule has 2 bridgehead atoms. The number of imidazole rings is 1. The predicted octanol–water partition coefficient (Wildman–Crippen LogP) is 3.54. The molecule has 0 aliphatic carbocycles. The first-order chi connectivity index (χ1) is 21.3. The fourth-order valence-electron chi connectivity index (χ4n) is 5.46. The summed E-state index contributed by atoms with van der Waals surface area (Å²) in [6.45, 7) is 5.27. The van der Waals surface area contributed by atoms with E-state index in [4.69, 9.17) is 9.47 Å². The summed E-state index contributed by atoms with van der Waals surface area (Å²) in [6, 6.07) is 12.7. The van der Waals surface area contributed by atoms with E-state index in [0.717, 1.165) is 27.9 Å². The number of rotatable bonds is 4. The first-order valence-corrected chi connectivity index (χ1v) is 15.1. The molecule has 232 valence electrons. The van der Waals surface area contributed by atoms with Gasteiger partial charge in [-0.1, -0.05) is 32.0 Å². The van der Waals surface area contributed by atoms with Crippen molar-refractivity contribution in [1.82, 2.24) is 30.1 Å². The summed E-state index contributed by atoms with van der Waals surface area (Å²) in [4.78, 5) is 49.3. The Labute approximate surface area is 256 Å². The number of nitrogens with zero attached hydrogens (tertiary/aromatic N) is 3. The minimum Gasteiger partial charge on any atom is -0.493 e. The highest BCUT2D eigenvalue weighted by Gasteiger charge is 2.26. The molecule has 2 aromatic carbocycles. The fraction of sp³-hybridized carbons (Fsp3) is 0.394. The second kappa shape index (κ2) is 14.1. The van der Waals surface area contributed by atoms with E-state index in [0.29, 0.717) is 50.6 Å². The predicted molar refractivity (Wildman–Crippen MR) is 167 cm³/mol. The van der Waals surface area contributed by atoms with Crippen molar-refractivity contribution in [3.63, 3.8) is 0 Å². The molecule has 0 radical (unpaired) electrons. The lowest BCUT2D eigenvalue weighted by Gasteiger charge is -2.26. The molecule has 3 heterocycles. The van der Waals surface area contributed by atoms with E-state index < -0.39 is 6.04 Å². The number of aryl methyl sites for hydroxylation is 1. The number of nitrogens with one attached hydrogen (secondary N) is 3. The van der Waals surface area contributed by atoms with Gasteiger partial charge in [0.2, 0.25) is 17.7 Å². The molecule has 3 N–H and O–H groups in total. The van der Waals surface area contributed by atoms with Gasteiger partial charge in [-0.2, -0.15) is 0 Å². The zero-order chi connectivity index (χ0) is 31.1. The Morgan fingerprint density at radius 3 is 2.80 bits per heavy atom. The van der Waals surface area contributed by atoms with E-state index in [1.807, 2.05) is 73.3 Å². The van der Waals surface area contributed by atoms with Crippen LogP contribution >= 0.6 is 0 Å². The Balaban J connectivity index is 1.39. The Hall–Kier alpha value is -4.80. The summed E-state index contributed by atoms with van der Waals surface area (Å²) in [5, 5.41) is 6.80. The summed E-state index contributed by atoms with van der Waals surface area (Å²) >= 11 is 0. The summed E-state index contributed by atoms with van der Waals surface area (Å²) in [6.07, 6.45) is 6.77. The van der Waals surface area contributed by atoms with Gasteiger partial charge in [-0.3, -0.25) is 14.4 Å². The number of aromatic nitrogens is 3. The van der Waals surface area contributed by atoms with Gasteiger partial charge in [-0.15, -0.1) is 0 Å². The summed E-state index contributed by atoms with van der Waals surface area (Å²) < 4.78 is 13.7. The van der Waals surface area contributed by atoms with Crippen LogP contribution < -0.4 is 20.1 Å². The van der Waals surface area contributed by atoms with E-state index in [1.54, 1.807) is 13.3 Å². The number of hydrogen-bond donors (Lipinski definition) is 3. The molecule has 1 atom stereocenters. The lowest BCUT2D eigenvalue weighted by Crippen LogP contribution is -2.52. The van der Waals surface area contributed by atoms with Crippen molar-refractivity contribution >= 4 is 28.6 Å². The zero-order valence-electron chi connectivity index (χ0n) is 25.5. The van der Waals surface area contributed by atoms with Crippen LogP contribution in [-0.4, -0.2) is 76.5 Å². The van der Waals surface area contributed by atoms with Crippen molar-refractivity contribution in [2.45, 2.75) is 45.7 Å². The number of para-hydroxylation sites is 1. The zero-order valence-corrected chi connectivity index (χ0v) is 25.5. The molecule has 44 heavy (non-hydrogen) atoms. The van der Waals surface area contributed by atoms with E-state index in [1.165, 1.54) is 4.90 Å². The molecule has 0 saturated carbocycles. The highest BCUT2D eigenvalue weighted by atomic mass is 16.5. The highest BCUT2D eigenvalue weighted by Crippen LogP contribution is 2.32. The molecule has 1 aliphatic heterocycles. The summed E-state index contributed by atoms with van der Waals surface area (Å²) in [5.41, 5.74) is 2.68. The normalized spacial score (nSPS) is 17.1. The number of ether oxygens (including phenoxy) is 2. The smallest absolute Gasteiger partial charge is 0.242 e. The second-order valence-electron chi connectivity index (χ2n) is 11.3. The third-order valence-electron chi connectivity index (χ3n) is 7.81. The standard InChI is InChI=1S/C33H40N6O5/c1-22(2)31-33(42)35-12-6-14-38-16-13-34-32(38)23-10-11-27(43-3)28(18-23)44-17-7-15-39(21-29(40)37-31)30(41)19-24-20-36-26-9-5-4-8-25(24)26/h4-5,8-11,13,16,18,20,22,31,36H,6-7,12,14-15,17,19,21H2,1-3H3,(H,35,42)(H,37,40)/t31-/m1/s1. The van der Waals surface area contributed by atoms with Gasteiger partial charge in [0, 0.05) is 54.7 Å². The number of H-pyrrole nitrogens is 1. The Kier molecular flexibility index (Phi) is 9.83. The van der Waals surface area contributed by atoms with Gasteiger partial charge in [0.25, 0.3) is 0 Å². The van der Waals surface area contributed by atoms with Crippen molar-refractivity contribution in [2.75, 3.05) is 33.4 Å². The fourth-order valence-corrected chi connectivity index (χ4v) is 5.46. The van der Waals surface area contributed by atoms with E-state index in [9.17, 15) is 14.4 Å². The van der Waals surface area contributed by atoms with Gasteiger partial charge in [0.15, 0.2) is 11.5 Å². The van der Waals surface area contributed by atoms with Crippen molar-refractivity contribution in [3.8, 4) is 22.9 Å². The topological polar surface area (TPSA) is 131 Å². The van der Waals surface area contributed by atoms with Crippen LogP contribution in [0.25, 0.3) is 22.3 Å². The third kappa shape index (κ3) is 7.21. The van der Waals surface area contributed by atoms with Crippen LogP contribution in [0.2, 0.25) is 0 Å². The average Bonchev–Trinajstić information content (AvgIpc) is 3.66. The lowest BCUT2D eigenvalue weighted by atomic mass is 10.0. The van der Waals surface area contributed by atoms with Gasteiger partial charge in [0.1, 0.15) is 11.9 Å². The van der Waals surface area contributed by atoms with Crippen molar-refractivity contribution in [1.29, 1.82) is 0 Å². The molecule has 0 spiro atoms. The molecule has 1 aliphatic rings. The van der Waals surface area contributed by atoms with Crippen molar-refractivity contribution in [2.24, 2.45) is 5.92 Å². The maximum absolute atomic E-state index is 13.6. The Morgan fingerprint density at radius 1 is 1.14 bits per heavy atom. The average molecular weight is 601 g/mol. The number of hydrogen-bond acceptors (Lipinski definition) is 6. The molecular weight excluding hydrogens is 560 g/mol. The lowest BCUT2D eigenvalue weighted by molar-refractivity contribution is -0.137. The number of benzene rings is 2. The second-order valence-corrected chi connectivity index (χ2v) is 11.3. The highest BCUT2D eigenvalue weighted by molar-refractivity contribution is 5.92. The molecule has 11 nitrogen and oxygen atoms in total. The largest absolute Gasteiger partial charge is 0.493 e. The van der Waals surface area contributed by atoms with Gasteiger partial charge in [-0.05, 0) is 48.6 Å². The monoisotopic (exact) mass is 600 g/mol. The van der Waals surface area contributed by atoms with Gasteiger partial charge in [0.05, 0.1) is 26.7 Å². The van der Waals surface area contributed by atoms with Crippen LogP contribution in [0, 0.1) is 5.92 Å². The molecule has 5 rings (SSSR count). The van der Waals surface area contributed by atoms with E-state index in [2.05, 4.69) is 20.6 Å². The molecule has 11 heteroatoms. The number of carbonyl (C=O) groups is 3. The number of carbonyl (C=O) groups excluding carboxylic acids is 3. The van der Waals surface area contributed by atoms with Gasteiger partial charge in [-0.25, -0.2) is 4.98 Å². The molecule has 0 unspecified atom stereocenters. The van der Waals surface area contributed by atoms with Crippen molar-refractivity contribution < 1.29 is 23.9 Å². The first kappa shape index (κ1) is 30.7. The number of methoxy groups -OCH3 is 1. The van der Waals surface area contributed by atoms with Crippen LogP contribution in [0.4, 0.5) is 0 Å². The minimum atomic E-state index is -0.726. The van der Waals surface area contributed by atoms with Crippen LogP contribution in [0.5, 0.6) is 11.5 Å².